The van der Waals surface area contributed by atoms with Gasteiger partial charge in [-0.1, -0.05) is 18.2 Å². The highest BCUT2D eigenvalue weighted by atomic mass is 19.1. The lowest BCUT2D eigenvalue weighted by Gasteiger charge is -2.19. The zero-order valence-corrected chi connectivity index (χ0v) is 20.3. The topological polar surface area (TPSA) is 115 Å². The van der Waals surface area contributed by atoms with Gasteiger partial charge in [0.1, 0.15) is 23.1 Å². The van der Waals surface area contributed by atoms with E-state index in [2.05, 4.69) is 20.7 Å². The maximum Gasteiger partial charge on any atom is 0.235 e. The van der Waals surface area contributed by atoms with E-state index in [4.69, 9.17) is 15.1 Å². The van der Waals surface area contributed by atoms with Crippen LogP contribution in [0, 0.1) is 5.82 Å². The van der Waals surface area contributed by atoms with Crippen LogP contribution in [0.5, 0.6) is 0 Å². The van der Waals surface area contributed by atoms with E-state index in [1.165, 1.54) is 6.07 Å². The number of fused-ring (bicyclic) bond motifs is 2. The molecule has 0 aliphatic carbocycles. The first-order valence-electron chi connectivity index (χ1n) is 11.9. The first kappa shape index (κ1) is 22.8. The van der Waals surface area contributed by atoms with E-state index in [0.29, 0.717) is 53.0 Å². The van der Waals surface area contributed by atoms with Crippen molar-refractivity contribution >= 4 is 28.6 Å². The molecular formula is C26H24FN9O. The molecule has 0 atom stereocenters. The molecule has 10 nitrogen and oxygen atoms in total. The molecule has 11 heteroatoms. The Morgan fingerprint density at radius 1 is 1.08 bits per heavy atom. The summed E-state index contributed by atoms with van der Waals surface area (Å²) >= 11 is 0. The van der Waals surface area contributed by atoms with Crippen molar-refractivity contribution in [3.8, 4) is 11.5 Å². The summed E-state index contributed by atoms with van der Waals surface area (Å²) in [5.74, 6) is 0.869. The van der Waals surface area contributed by atoms with Gasteiger partial charge in [-0.3, -0.25) is 9.48 Å². The third-order valence-electron chi connectivity index (χ3n) is 6.52. The Balaban J connectivity index is 1.44. The summed E-state index contributed by atoms with van der Waals surface area (Å²) in [5.41, 5.74) is 1.47. The molecule has 0 radical (unpaired) electrons. The number of rotatable bonds is 7. The number of anilines is 2. The maximum atomic E-state index is 14.4. The van der Waals surface area contributed by atoms with Gasteiger partial charge in [-0.25, -0.2) is 24.0 Å². The van der Waals surface area contributed by atoms with Gasteiger partial charge in [-0.05, 0) is 38.1 Å². The van der Waals surface area contributed by atoms with E-state index in [9.17, 15) is 9.18 Å². The van der Waals surface area contributed by atoms with Gasteiger partial charge in [0.15, 0.2) is 11.5 Å². The molecule has 5 aromatic rings. The molecule has 1 aliphatic rings. The molecule has 186 valence electrons. The van der Waals surface area contributed by atoms with Gasteiger partial charge < -0.3 is 10.6 Å². The summed E-state index contributed by atoms with van der Waals surface area (Å²) in [6.45, 7) is 5.05. The van der Waals surface area contributed by atoms with Crippen LogP contribution in [0.25, 0.3) is 22.6 Å². The fraction of sp³-hybridized carbons (Fsp3) is 0.231. The quantitative estimate of drug-likeness (QED) is 0.353. The highest BCUT2D eigenvalue weighted by Crippen LogP contribution is 2.41. The van der Waals surface area contributed by atoms with Gasteiger partial charge in [0.2, 0.25) is 5.91 Å². The van der Waals surface area contributed by atoms with Crippen LogP contribution in [0.2, 0.25) is 0 Å². The molecule has 1 aliphatic heterocycles. The van der Waals surface area contributed by atoms with E-state index >= 15 is 0 Å². The van der Waals surface area contributed by atoms with Gasteiger partial charge in [-0.15, -0.1) is 0 Å². The lowest BCUT2D eigenvalue weighted by molar-refractivity contribution is -0.119. The Hall–Kier alpha value is -4.67. The summed E-state index contributed by atoms with van der Waals surface area (Å²) in [6, 6.07) is 12.1. The number of hydrogen-bond donors (Lipinski definition) is 2. The maximum absolute atomic E-state index is 14.4. The molecule has 0 unspecified atom stereocenters. The molecule has 0 saturated carbocycles. The predicted molar refractivity (Wildman–Crippen MR) is 136 cm³/mol. The minimum Gasteiger partial charge on any atom is -0.368 e. The SMILES string of the molecule is CC1(C)C(=O)Nc2nc(-c3nn(Cc4ccccc4F)c4ncccc34)nc(NCCn3cccn3)c21. The van der Waals surface area contributed by atoms with Crippen molar-refractivity contribution in [2.75, 3.05) is 17.2 Å². The summed E-state index contributed by atoms with van der Waals surface area (Å²) in [6.07, 6.45) is 5.27. The van der Waals surface area contributed by atoms with Crippen molar-refractivity contribution in [1.82, 2.24) is 34.5 Å². The minimum absolute atomic E-state index is 0.152. The van der Waals surface area contributed by atoms with Crippen LogP contribution in [0.1, 0.15) is 25.0 Å². The van der Waals surface area contributed by atoms with Gasteiger partial charge in [0.25, 0.3) is 0 Å². The van der Waals surface area contributed by atoms with Gasteiger partial charge in [0, 0.05) is 30.7 Å². The Morgan fingerprint density at radius 2 is 1.95 bits per heavy atom. The lowest BCUT2D eigenvalue weighted by Crippen LogP contribution is -2.28. The first-order valence-corrected chi connectivity index (χ1v) is 11.9. The van der Waals surface area contributed by atoms with E-state index in [-0.39, 0.29) is 18.3 Å². The van der Waals surface area contributed by atoms with Gasteiger partial charge in [-0.2, -0.15) is 10.2 Å². The second-order valence-corrected chi connectivity index (χ2v) is 9.37. The highest BCUT2D eigenvalue weighted by Gasteiger charge is 2.43. The first-order chi connectivity index (χ1) is 17.9. The van der Waals surface area contributed by atoms with E-state index in [1.807, 2.05) is 42.9 Å². The van der Waals surface area contributed by atoms with Crippen LogP contribution >= 0.6 is 0 Å². The van der Waals surface area contributed by atoms with Crippen LogP contribution in [0.4, 0.5) is 16.0 Å². The third kappa shape index (κ3) is 3.98. The smallest absolute Gasteiger partial charge is 0.235 e. The van der Waals surface area contributed by atoms with Gasteiger partial charge in [0.05, 0.1) is 29.5 Å². The monoisotopic (exact) mass is 497 g/mol. The number of carbonyl (C=O) groups excluding carboxylic acids is 1. The number of nitrogens with one attached hydrogen (secondary N) is 2. The van der Waals surface area contributed by atoms with E-state index in [1.54, 1.807) is 35.3 Å². The predicted octanol–water partition coefficient (Wildman–Crippen LogP) is 3.61. The average molecular weight is 498 g/mol. The normalized spacial score (nSPS) is 14.1. The molecule has 0 saturated heterocycles. The van der Waals surface area contributed by atoms with Crippen molar-refractivity contribution in [1.29, 1.82) is 0 Å². The number of hydrogen-bond acceptors (Lipinski definition) is 7. The Morgan fingerprint density at radius 3 is 2.76 bits per heavy atom. The molecular weight excluding hydrogens is 473 g/mol. The van der Waals surface area contributed by atoms with Crippen LogP contribution in [0.15, 0.2) is 61.1 Å². The van der Waals surface area contributed by atoms with Crippen molar-refractivity contribution in [2.45, 2.75) is 32.4 Å². The van der Waals surface area contributed by atoms with Crippen LogP contribution in [-0.2, 0) is 23.3 Å². The van der Waals surface area contributed by atoms with E-state index in [0.717, 1.165) is 5.39 Å². The summed E-state index contributed by atoms with van der Waals surface area (Å²) < 4.78 is 17.9. The summed E-state index contributed by atoms with van der Waals surface area (Å²) in [4.78, 5) is 26.8. The number of amides is 1. The summed E-state index contributed by atoms with van der Waals surface area (Å²) in [5, 5.41) is 16.0. The molecule has 6 rings (SSSR count). The second-order valence-electron chi connectivity index (χ2n) is 9.37. The van der Waals surface area contributed by atoms with E-state index < -0.39 is 5.41 Å². The number of pyridine rings is 1. The number of carbonyl (C=O) groups is 1. The number of aromatic nitrogens is 7. The summed E-state index contributed by atoms with van der Waals surface area (Å²) in [7, 11) is 0. The molecule has 0 fully saturated rings. The molecule has 2 N–H and O–H groups in total. The van der Waals surface area contributed by atoms with Crippen LogP contribution in [0.3, 0.4) is 0 Å². The van der Waals surface area contributed by atoms with Crippen molar-refractivity contribution < 1.29 is 9.18 Å². The molecule has 1 aromatic carbocycles. The Kier molecular flexibility index (Phi) is 5.40. The third-order valence-corrected chi connectivity index (χ3v) is 6.52. The molecule has 1 amide bonds. The zero-order chi connectivity index (χ0) is 25.6. The van der Waals surface area contributed by atoms with Crippen LogP contribution in [-0.4, -0.2) is 47.0 Å². The lowest BCUT2D eigenvalue weighted by atomic mass is 9.87. The molecule has 37 heavy (non-hydrogen) atoms. The second kappa shape index (κ2) is 8.77. The fourth-order valence-electron chi connectivity index (χ4n) is 4.55. The minimum atomic E-state index is -0.810. The molecule has 4 aromatic heterocycles. The fourth-order valence-corrected chi connectivity index (χ4v) is 4.55. The largest absolute Gasteiger partial charge is 0.368 e. The van der Waals surface area contributed by atoms with Gasteiger partial charge >= 0.3 is 0 Å². The standard InChI is InChI=1S/C26H24FN9O/c1-26(2)19-21(28-12-14-35-13-6-11-30-35)31-23(32-22(19)33-25(26)37)20-17-8-5-10-29-24(17)36(34-20)15-16-7-3-4-9-18(16)27/h3-11,13H,12,14-15H2,1-2H3,(H2,28,31,32,33,37). The average Bonchev–Trinajstić information content (AvgIpc) is 3.58. The number of nitrogens with zero attached hydrogens (tertiary/aromatic N) is 7. The molecule has 0 bridgehead atoms. The number of halogens is 1. The van der Waals surface area contributed by atoms with Crippen LogP contribution < -0.4 is 10.6 Å². The van der Waals surface area contributed by atoms with Crippen molar-refractivity contribution in [3.05, 3.63) is 78.0 Å². The molecule has 0 spiro atoms. The Bertz CT molecular complexity index is 1620. The van der Waals surface area contributed by atoms with Crippen molar-refractivity contribution in [3.63, 3.8) is 0 Å². The van der Waals surface area contributed by atoms with Crippen molar-refractivity contribution in [2.24, 2.45) is 0 Å². The zero-order valence-electron chi connectivity index (χ0n) is 20.3. The Labute approximate surface area is 211 Å². The highest BCUT2D eigenvalue weighted by molar-refractivity contribution is 6.06. The number of benzene rings is 1. The molecule has 5 heterocycles.